The minimum absolute atomic E-state index is 0.765. The molecule has 0 aliphatic rings. The fourth-order valence-electron chi connectivity index (χ4n) is 0.911. The highest BCUT2D eigenvalue weighted by Gasteiger charge is 2.77. The van der Waals surface area contributed by atoms with Crippen LogP contribution in [0, 0.1) is 0 Å². The van der Waals surface area contributed by atoms with Gasteiger partial charge in [-0.2, -0.15) is 30.7 Å². The SMILES string of the molecule is CC(=O)NS(=O)(=O)CCOC(=O)C(F)(F)C(F)(F)C(F)(F)F. The van der Waals surface area contributed by atoms with E-state index in [1.165, 1.54) is 4.72 Å². The maximum absolute atomic E-state index is 12.8. The Labute approximate surface area is 118 Å². The first-order valence-electron chi connectivity index (χ1n) is 5.05. The van der Waals surface area contributed by atoms with Crippen molar-refractivity contribution in [3.63, 3.8) is 0 Å². The molecule has 0 spiro atoms. The molecule has 14 heteroatoms. The number of halogens is 7. The van der Waals surface area contributed by atoms with Gasteiger partial charge in [-0.15, -0.1) is 0 Å². The number of carbonyl (C=O) groups excluding carboxylic acids is 2. The number of ether oxygens (including phenoxy) is 1. The van der Waals surface area contributed by atoms with Crippen molar-refractivity contribution in [3.05, 3.63) is 0 Å². The van der Waals surface area contributed by atoms with Crippen molar-refractivity contribution in [1.29, 1.82) is 0 Å². The molecule has 0 saturated heterocycles. The van der Waals surface area contributed by atoms with E-state index in [9.17, 15) is 48.7 Å². The number of sulfonamides is 1. The molecule has 0 aliphatic carbocycles. The topological polar surface area (TPSA) is 89.5 Å². The van der Waals surface area contributed by atoms with Crippen molar-refractivity contribution < 1.29 is 53.5 Å². The zero-order valence-corrected chi connectivity index (χ0v) is 11.3. The van der Waals surface area contributed by atoms with E-state index in [2.05, 4.69) is 4.74 Å². The molecule has 0 aromatic heterocycles. The van der Waals surface area contributed by atoms with E-state index in [1.54, 1.807) is 0 Å². The summed E-state index contributed by atoms with van der Waals surface area (Å²) in [4.78, 5) is 21.0. The van der Waals surface area contributed by atoms with Crippen molar-refractivity contribution in [1.82, 2.24) is 4.72 Å². The van der Waals surface area contributed by atoms with Crippen LogP contribution in [0.1, 0.15) is 6.92 Å². The van der Waals surface area contributed by atoms with E-state index in [0.717, 1.165) is 6.92 Å². The van der Waals surface area contributed by atoms with E-state index in [-0.39, 0.29) is 0 Å². The fourth-order valence-corrected chi connectivity index (χ4v) is 1.75. The minimum atomic E-state index is -6.72. The van der Waals surface area contributed by atoms with Gasteiger partial charge in [0.15, 0.2) is 0 Å². The molecule has 0 radical (unpaired) electrons. The molecule has 6 nitrogen and oxygen atoms in total. The third-order valence-electron chi connectivity index (χ3n) is 1.89. The molecule has 130 valence electrons. The van der Waals surface area contributed by atoms with Crippen LogP contribution in [0.25, 0.3) is 0 Å². The van der Waals surface area contributed by atoms with E-state index < -0.39 is 52.3 Å². The van der Waals surface area contributed by atoms with Gasteiger partial charge in [-0.05, 0) is 0 Å². The summed E-state index contributed by atoms with van der Waals surface area (Å²) < 4.78 is 112. The van der Waals surface area contributed by atoms with Gasteiger partial charge in [0.2, 0.25) is 15.9 Å². The van der Waals surface area contributed by atoms with E-state index >= 15 is 0 Å². The standard InChI is InChI=1S/C8H8F7NO5S/c1-4(17)16-22(19,20)3-2-21-5(18)6(9,10)7(11,12)8(13,14)15/h2-3H2,1H3,(H,16,17). The van der Waals surface area contributed by atoms with Crippen LogP contribution in [0.15, 0.2) is 0 Å². The molecule has 0 aromatic carbocycles. The van der Waals surface area contributed by atoms with Gasteiger partial charge in [-0.1, -0.05) is 0 Å². The third-order valence-corrected chi connectivity index (χ3v) is 3.19. The van der Waals surface area contributed by atoms with Crippen LogP contribution in [0.3, 0.4) is 0 Å². The van der Waals surface area contributed by atoms with Crippen molar-refractivity contribution in [2.45, 2.75) is 24.9 Å². The second-order valence-electron chi connectivity index (χ2n) is 3.76. The minimum Gasteiger partial charge on any atom is -0.460 e. The lowest BCUT2D eigenvalue weighted by Gasteiger charge is -2.26. The Bertz CT molecular complexity index is 542. The van der Waals surface area contributed by atoms with Crippen LogP contribution in [0.2, 0.25) is 0 Å². The van der Waals surface area contributed by atoms with Crippen molar-refractivity contribution >= 4 is 21.9 Å². The van der Waals surface area contributed by atoms with Crippen LogP contribution >= 0.6 is 0 Å². The number of alkyl halides is 7. The monoisotopic (exact) mass is 363 g/mol. The quantitative estimate of drug-likeness (QED) is 0.558. The van der Waals surface area contributed by atoms with Crippen molar-refractivity contribution in [2.24, 2.45) is 0 Å². The predicted molar refractivity (Wildman–Crippen MR) is 54.5 cm³/mol. The Balaban J connectivity index is 4.85. The van der Waals surface area contributed by atoms with Crippen LogP contribution < -0.4 is 4.72 Å². The number of carbonyl (C=O) groups is 2. The molecular formula is C8H8F7NO5S. The summed E-state index contributed by atoms with van der Waals surface area (Å²) in [6.07, 6.45) is -6.72. The Morgan fingerprint density at radius 3 is 1.86 bits per heavy atom. The molecule has 0 saturated carbocycles. The average Bonchev–Trinajstić information content (AvgIpc) is 2.24. The number of rotatable bonds is 6. The number of esters is 1. The summed E-state index contributed by atoms with van der Waals surface area (Å²) in [5.74, 6) is -18.6. The average molecular weight is 363 g/mol. The zero-order valence-electron chi connectivity index (χ0n) is 10.5. The molecule has 0 aliphatic heterocycles. The Hall–Kier alpha value is -1.60. The summed E-state index contributed by atoms with van der Waals surface area (Å²) in [5.41, 5.74) is 0. The van der Waals surface area contributed by atoms with Gasteiger partial charge in [-0.25, -0.2) is 13.2 Å². The molecule has 0 fully saturated rings. The Morgan fingerprint density at radius 2 is 1.50 bits per heavy atom. The van der Waals surface area contributed by atoms with E-state index in [0.29, 0.717) is 0 Å². The fraction of sp³-hybridized carbons (Fsp3) is 0.750. The molecule has 0 bridgehead atoms. The summed E-state index contributed by atoms with van der Waals surface area (Å²) in [6.45, 7) is -0.702. The number of hydrogen-bond donors (Lipinski definition) is 1. The van der Waals surface area contributed by atoms with Gasteiger partial charge in [0, 0.05) is 6.92 Å². The first-order valence-corrected chi connectivity index (χ1v) is 6.70. The van der Waals surface area contributed by atoms with Crippen LogP contribution in [-0.2, 0) is 24.3 Å². The van der Waals surface area contributed by atoms with Crippen molar-refractivity contribution in [3.8, 4) is 0 Å². The van der Waals surface area contributed by atoms with Gasteiger partial charge in [-0.3, -0.25) is 9.52 Å². The number of hydrogen-bond acceptors (Lipinski definition) is 5. The third kappa shape index (κ3) is 4.71. The first kappa shape index (κ1) is 20.4. The summed E-state index contributed by atoms with van der Waals surface area (Å²) in [5, 5.41) is 0. The molecule has 0 atom stereocenters. The number of nitrogens with one attached hydrogen (secondary N) is 1. The normalized spacial score (nSPS) is 13.6. The summed E-state index contributed by atoms with van der Waals surface area (Å²) in [7, 11) is -4.42. The zero-order chi connectivity index (χ0) is 18.0. The van der Waals surface area contributed by atoms with Gasteiger partial charge >= 0.3 is 24.0 Å². The van der Waals surface area contributed by atoms with Crippen molar-refractivity contribution in [2.75, 3.05) is 12.4 Å². The first-order chi connectivity index (χ1) is 9.54. The molecule has 0 aromatic rings. The molecule has 1 N–H and O–H groups in total. The highest BCUT2D eigenvalue weighted by Crippen LogP contribution is 2.46. The highest BCUT2D eigenvalue weighted by molar-refractivity contribution is 7.90. The lowest BCUT2D eigenvalue weighted by molar-refractivity contribution is -0.348. The summed E-state index contributed by atoms with van der Waals surface area (Å²) >= 11 is 0. The van der Waals surface area contributed by atoms with Gasteiger partial charge in [0.05, 0.1) is 0 Å². The molecule has 0 heterocycles. The van der Waals surface area contributed by atoms with Gasteiger partial charge in [0.25, 0.3) is 0 Å². The van der Waals surface area contributed by atoms with Gasteiger partial charge < -0.3 is 4.74 Å². The second-order valence-corrected chi connectivity index (χ2v) is 5.60. The van der Waals surface area contributed by atoms with Crippen LogP contribution in [0.5, 0.6) is 0 Å². The second kappa shape index (κ2) is 6.26. The largest absolute Gasteiger partial charge is 0.460 e. The molecule has 0 rings (SSSR count). The van der Waals surface area contributed by atoms with Crippen LogP contribution in [0.4, 0.5) is 30.7 Å². The van der Waals surface area contributed by atoms with Gasteiger partial charge in [0.1, 0.15) is 12.4 Å². The molecular weight excluding hydrogens is 355 g/mol. The number of amides is 1. The predicted octanol–water partition coefficient (Wildman–Crippen LogP) is 0.828. The molecule has 1 amide bonds. The Kier molecular flexibility index (Phi) is 5.80. The summed E-state index contributed by atoms with van der Waals surface area (Å²) in [6, 6.07) is 0. The molecule has 22 heavy (non-hydrogen) atoms. The lowest BCUT2D eigenvalue weighted by atomic mass is 10.1. The highest BCUT2D eigenvalue weighted by atomic mass is 32.2. The van der Waals surface area contributed by atoms with E-state index in [4.69, 9.17) is 0 Å². The molecule has 0 unspecified atom stereocenters. The van der Waals surface area contributed by atoms with E-state index in [1.807, 2.05) is 0 Å². The van der Waals surface area contributed by atoms with Crippen LogP contribution in [-0.4, -0.2) is 50.7 Å². The maximum atomic E-state index is 12.8. The smallest absolute Gasteiger partial charge is 0.460 e. The lowest BCUT2D eigenvalue weighted by Crippen LogP contribution is -2.56. The maximum Gasteiger partial charge on any atom is 0.460 e. The Morgan fingerprint density at radius 1 is 1.05 bits per heavy atom.